The lowest BCUT2D eigenvalue weighted by atomic mass is 9.96. The van der Waals surface area contributed by atoms with Crippen LogP contribution in [0.2, 0.25) is 0 Å². The van der Waals surface area contributed by atoms with Crippen LogP contribution in [0.25, 0.3) is 0 Å². The predicted octanol–water partition coefficient (Wildman–Crippen LogP) is 7.41. The molecule has 0 saturated carbocycles. The fraction of sp³-hybridized carbons (Fsp3) is 0.0857. The molecule has 0 aliphatic carbocycles. The Morgan fingerprint density at radius 3 is 2.29 bits per heavy atom. The number of nitriles is 1. The maximum atomic E-state index is 13.1. The molecule has 0 spiro atoms. The Kier molecular flexibility index (Phi) is 7.33. The van der Waals surface area contributed by atoms with Gasteiger partial charge in [-0.25, -0.2) is 9.98 Å². The number of nitrogens with zero attached hydrogens (tertiary/aromatic N) is 3. The monoisotopic (exact) mass is 535 g/mol. The van der Waals surface area contributed by atoms with Crippen LogP contribution in [0.1, 0.15) is 50.7 Å². The fourth-order valence-electron chi connectivity index (χ4n) is 4.72. The average Bonchev–Trinajstić information content (AvgIpc) is 3.03. The van der Waals surface area contributed by atoms with Crippen LogP contribution in [0.3, 0.4) is 0 Å². The Morgan fingerprint density at radius 1 is 0.902 bits per heavy atom. The Balaban J connectivity index is 1.24. The molecular weight excluding hydrogens is 510 g/mol. The first-order valence-corrected chi connectivity index (χ1v) is 13.3. The molecule has 5 aromatic rings. The van der Waals surface area contributed by atoms with E-state index in [2.05, 4.69) is 11.1 Å². The topological polar surface area (TPSA) is 84.6 Å². The van der Waals surface area contributed by atoms with E-state index in [-0.39, 0.29) is 12.2 Å². The van der Waals surface area contributed by atoms with Crippen molar-refractivity contribution in [3.05, 3.63) is 155 Å². The van der Waals surface area contributed by atoms with Gasteiger partial charge >= 0.3 is 0 Å². The summed E-state index contributed by atoms with van der Waals surface area (Å²) in [5.74, 6) is 1.62. The molecular formula is C35H25N3O3. The summed E-state index contributed by atoms with van der Waals surface area (Å²) in [4.78, 5) is 22.5. The Bertz CT molecular complexity index is 1720. The summed E-state index contributed by atoms with van der Waals surface area (Å²) in [5, 5.41) is 8.99. The standard InChI is InChI=1S/C35H25N3O3/c36-22-24-11-13-25(14-12-24)23-40-29-15-16-30-31(39)21-32(41-33(30)20-29)28-17-18-37-34(19-28)38-35(26-7-3-1-4-8-26)27-9-5-2-6-10-27/h1-20,32H,21,23H2. The molecule has 0 amide bonds. The van der Waals surface area contributed by atoms with Crippen LogP contribution >= 0.6 is 0 Å². The lowest BCUT2D eigenvalue weighted by molar-refractivity contribution is 0.0849. The van der Waals surface area contributed by atoms with Crippen molar-refractivity contribution in [2.24, 2.45) is 4.99 Å². The maximum Gasteiger partial charge on any atom is 0.170 e. The van der Waals surface area contributed by atoms with Gasteiger partial charge in [0.2, 0.25) is 0 Å². The number of Topliss-reactive ketones (excluding diaryl/α,β-unsaturated/α-hetero) is 1. The van der Waals surface area contributed by atoms with Crippen molar-refractivity contribution in [3.63, 3.8) is 0 Å². The summed E-state index contributed by atoms with van der Waals surface area (Å²) in [6.45, 7) is 0.332. The van der Waals surface area contributed by atoms with E-state index in [0.29, 0.717) is 35.1 Å². The molecule has 6 rings (SSSR count). The minimum Gasteiger partial charge on any atom is -0.489 e. The number of benzene rings is 4. The van der Waals surface area contributed by atoms with Gasteiger partial charge in [0.25, 0.3) is 0 Å². The normalized spacial score (nSPS) is 13.8. The molecule has 1 aromatic heterocycles. The molecule has 1 aliphatic rings. The maximum absolute atomic E-state index is 13.1. The van der Waals surface area contributed by atoms with Crippen LogP contribution in [0.4, 0.5) is 5.82 Å². The number of ketones is 1. The van der Waals surface area contributed by atoms with Gasteiger partial charge in [0, 0.05) is 23.4 Å². The summed E-state index contributed by atoms with van der Waals surface area (Å²) >= 11 is 0. The summed E-state index contributed by atoms with van der Waals surface area (Å²) in [6.07, 6.45) is 1.44. The van der Waals surface area contributed by atoms with E-state index in [1.54, 1.807) is 36.5 Å². The second kappa shape index (κ2) is 11.7. The molecule has 1 atom stereocenters. The number of rotatable bonds is 7. The third-order valence-corrected chi connectivity index (χ3v) is 6.84. The average molecular weight is 536 g/mol. The number of fused-ring (bicyclic) bond motifs is 1. The summed E-state index contributed by atoms with van der Waals surface area (Å²) in [7, 11) is 0. The van der Waals surface area contributed by atoms with E-state index < -0.39 is 6.10 Å². The third kappa shape index (κ3) is 5.90. The van der Waals surface area contributed by atoms with Gasteiger partial charge in [-0.2, -0.15) is 5.26 Å². The SMILES string of the molecule is N#Cc1ccc(COc2ccc3c(c2)OC(c2ccnc(N=C(c4ccccc4)c4ccccc4)c2)CC3=O)cc1. The van der Waals surface area contributed by atoms with Crippen molar-refractivity contribution in [1.82, 2.24) is 4.98 Å². The smallest absolute Gasteiger partial charge is 0.170 e. The van der Waals surface area contributed by atoms with Crippen molar-refractivity contribution < 1.29 is 14.3 Å². The summed E-state index contributed by atoms with van der Waals surface area (Å²) < 4.78 is 12.3. The van der Waals surface area contributed by atoms with E-state index >= 15 is 0 Å². The van der Waals surface area contributed by atoms with Gasteiger partial charge in [-0.3, -0.25) is 4.79 Å². The Hall–Kier alpha value is -5.54. The van der Waals surface area contributed by atoms with E-state index in [4.69, 9.17) is 19.7 Å². The minimum atomic E-state index is -0.474. The van der Waals surface area contributed by atoms with Gasteiger partial charge in [-0.15, -0.1) is 0 Å². The van der Waals surface area contributed by atoms with E-state index in [0.717, 1.165) is 28.0 Å². The second-order valence-electron chi connectivity index (χ2n) is 9.63. The highest BCUT2D eigenvalue weighted by Crippen LogP contribution is 2.37. The zero-order chi connectivity index (χ0) is 28.0. The van der Waals surface area contributed by atoms with Crippen LogP contribution in [-0.4, -0.2) is 16.5 Å². The van der Waals surface area contributed by atoms with Crippen molar-refractivity contribution in [2.75, 3.05) is 0 Å². The Morgan fingerprint density at radius 2 is 1.61 bits per heavy atom. The largest absolute Gasteiger partial charge is 0.489 e. The molecule has 0 bridgehead atoms. The lowest BCUT2D eigenvalue weighted by Crippen LogP contribution is -2.20. The molecule has 0 N–H and O–H groups in total. The number of pyridine rings is 1. The van der Waals surface area contributed by atoms with Crippen LogP contribution in [0, 0.1) is 11.3 Å². The molecule has 0 saturated heterocycles. The van der Waals surface area contributed by atoms with Gasteiger partial charge in [-0.05, 0) is 47.5 Å². The first-order chi connectivity index (χ1) is 20.2. The van der Waals surface area contributed by atoms with Crippen molar-refractivity contribution >= 4 is 17.3 Å². The highest BCUT2D eigenvalue weighted by atomic mass is 16.5. The minimum absolute atomic E-state index is 0.00557. The van der Waals surface area contributed by atoms with Crippen LogP contribution in [0.5, 0.6) is 11.5 Å². The molecule has 6 heteroatoms. The number of carbonyl (C=O) groups is 1. The van der Waals surface area contributed by atoms with E-state index in [9.17, 15) is 4.79 Å². The quantitative estimate of drug-likeness (QED) is 0.203. The fourth-order valence-corrected chi connectivity index (χ4v) is 4.72. The van der Waals surface area contributed by atoms with Gasteiger partial charge < -0.3 is 9.47 Å². The van der Waals surface area contributed by atoms with Gasteiger partial charge in [0.05, 0.1) is 29.3 Å². The van der Waals surface area contributed by atoms with Gasteiger partial charge in [0.15, 0.2) is 11.6 Å². The Labute approximate surface area is 238 Å². The van der Waals surface area contributed by atoms with Crippen LogP contribution < -0.4 is 9.47 Å². The highest BCUT2D eigenvalue weighted by molar-refractivity contribution is 6.13. The molecule has 6 nitrogen and oxygen atoms in total. The number of hydrogen-bond acceptors (Lipinski definition) is 6. The van der Waals surface area contributed by atoms with Crippen molar-refractivity contribution in [3.8, 4) is 17.6 Å². The lowest BCUT2D eigenvalue weighted by Gasteiger charge is -2.26. The number of carbonyl (C=O) groups excluding carboxylic acids is 1. The number of hydrogen-bond donors (Lipinski definition) is 0. The van der Waals surface area contributed by atoms with Crippen LogP contribution in [-0.2, 0) is 6.61 Å². The molecule has 198 valence electrons. The molecule has 1 unspecified atom stereocenters. The van der Waals surface area contributed by atoms with Gasteiger partial charge in [-0.1, -0.05) is 72.8 Å². The van der Waals surface area contributed by atoms with Gasteiger partial charge in [0.1, 0.15) is 24.2 Å². The molecule has 0 radical (unpaired) electrons. The number of aromatic nitrogens is 1. The summed E-state index contributed by atoms with van der Waals surface area (Å²) in [6, 6.07) is 38.3. The number of aliphatic imine (C=N–C) groups is 1. The zero-order valence-electron chi connectivity index (χ0n) is 22.1. The van der Waals surface area contributed by atoms with E-state index in [1.807, 2.05) is 84.9 Å². The van der Waals surface area contributed by atoms with Crippen molar-refractivity contribution in [1.29, 1.82) is 5.26 Å². The third-order valence-electron chi connectivity index (χ3n) is 6.84. The zero-order valence-corrected chi connectivity index (χ0v) is 22.1. The molecule has 41 heavy (non-hydrogen) atoms. The summed E-state index contributed by atoms with van der Waals surface area (Å²) in [5.41, 5.74) is 5.67. The van der Waals surface area contributed by atoms with E-state index in [1.165, 1.54) is 0 Å². The molecule has 1 aliphatic heterocycles. The first kappa shape index (κ1) is 25.7. The predicted molar refractivity (Wildman–Crippen MR) is 157 cm³/mol. The second-order valence-corrected chi connectivity index (χ2v) is 9.63. The molecule has 2 heterocycles. The molecule has 4 aromatic carbocycles. The highest BCUT2D eigenvalue weighted by Gasteiger charge is 2.28. The number of ether oxygens (including phenoxy) is 2. The first-order valence-electron chi connectivity index (χ1n) is 13.3. The van der Waals surface area contributed by atoms with Crippen molar-refractivity contribution in [2.45, 2.75) is 19.1 Å². The van der Waals surface area contributed by atoms with Crippen LogP contribution in [0.15, 0.2) is 126 Å². The molecule has 0 fully saturated rings.